The van der Waals surface area contributed by atoms with Crippen molar-refractivity contribution >= 4 is 28.3 Å². The van der Waals surface area contributed by atoms with E-state index in [0.29, 0.717) is 22.4 Å². The van der Waals surface area contributed by atoms with Gasteiger partial charge in [0.1, 0.15) is 0 Å². The summed E-state index contributed by atoms with van der Waals surface area (Å²) in [5.41, 5.74) is 6.26. The van der Waals surface area contributed by atoms with Crippen molar-refractivity contribution < 1.29 is 14.6 Å². The molecule has 5 aromatic rings. The van der Waals surface area contributed by atoms with Crippen LogP contribution in [0.2, 0.25) is 0 Å². The molecule has 0 atom stereocenters. The van der Waals surface area contributed by atoms with Gasteiger partial charge in [-0.15, -0.1) is 0 Å². The lowest BCUT2D eigenvalue weighted by Gasteiger charge is -2.09. The number of nitrogens with zero attached hydrogens (tertiary/aromatic N) is 1. The number of aromatic nitrogens is 1. The Morgan fingerprint density at radius 3 is 2.16 bits per heavy atom. The van der Waals surface area contributed by atoms with Gasteiger partial charge in [0.05, 0.1) is 29.6 Å². The fraction of sp³-hybridized carbons (Fsp3) is 0.0968. The van der Waals surface area contributed by atoms with Gasteiger partial charge in [0.15, 0.2) is 5.88 Å². The number of hydrogen-bond donors (Lipinski definition) is 3. The molecule has 0 unspecified atom stereocenters. The van der Waals surface area contributed by atoms with Gasteiger partial charge in [-0.2, -0.15) is 0 Å². The zero-order valence-electron chi connectivity index (χ0n) is 20.4. The van der Waals surface area contributed by atoms with Gasteiger partial charge in [-0.25, -0.2) is 9.79 Å². The molecule has 0 aliphatic heterocycles. The van der Waals surface area contributed by atoms with Gasteiger partial charge >= 0.3 is 5.97 Å². The Hall–Kier alpha value is -4.68. The van der Waals surface area contributed by atoms with E-state index in [1.807, 2.05) is 60.7 Å². The number of rotatable bonds is 8. The van der Waals surface area contributed by atoms with E-state index in [0.717, 1.165) is 35.3 Å². The zero-order chi connectivity index (χ0) is 25.6. The van der Waals surface area contributed by atoms with Crippen LogP contribution in [0.15, 0.2) is 108 Å². The number of ether oxygens (including phenoxy) is 1. The molecule has 37 heavy (non-hydrogen) atoms. The fourth-order valence-electron chi connectivity index (χ4n) is 4.29. The zero-order valence-corrected chi connectivity index (χ0v) is 20.4. The van der Waals surface area contributed by atoms with E-state index in [4.69, 9.17) is 9.73 Å². The average molecular weight is 490 g/mol. The molecule has 6 heteroatoms. The summed E-state index contributed by atoms with van der Waals surface area (Å²) in [5.74, 6) is -0.450. The van der Waals surface area contributed by atoms with E-state index in [1.54, 1.807) is 18.2 Å². The van der Waals surface area contributed by atoms with E-state index in [9.17, 15) is 9.90 Å². The number of carbonyl (C=O) groups excluding carboxylic acids is 1. The summed E-state index contributed by atoms with van der Waals surface area (Å²) < 4.78 is 4.83. The molecule has 0 saturated heterocycles. The SMILES string of the molecule is COC(=O)c1ccc2c(C(=Nc3ccc(CNCc4ccccc4)cc3)c3ccccc3)c(O)[nH]c2c1. The molecule has 0 radical (unpaired) electrons. The largest absolute Gasteiger partial charge is 0.494 e. The van der Waals surface area contributed by atoms with Crippen molar-refractivity contribution in [2.24, 2.45) is 4.99 Å². The third-order valence-corrected chi connectivity index (χ3v) is 6.16. The Morgan fingerprint density at radius 2 is 1.49 bits per heavy atom. The number of hydrogen-bond acceptors (Lipinski definition) is 5. The summed E-state index contributed by atoms with van der Waals surface area (Å²) in [7, 11) is 1.34. The van der Waals surface area contributed by atoms with Crippen LogP contribution in [0.1, 0.15) is 32.6 Å². The lowest BCUT2D eigenvalue weighted by molar-refractivity contribution is 0.0601. The maximum atomic E-state index is 12.0. The predicted molar refractivity (Wildman–Crippen MR) is 146 cm³/mol. The van der Waals surface area contributed by atoms with Crippen LogP contribution in [-0.2, 0) is 17.8 Å². The summed E-state index contributed by atoms with van der Waals surface area (Å²) >= 11 is 0. The molecule has 184 valence electrons. The third kappa shape index (κ3) is 5.44. The van der Waals surface area contributed by atoms with Gasteiger partial charge in [-0.1, -0.05) is 78.9 Å². The number of methoxy groups -OCH3 is 1. The van der Waals surface area contributed by atoms with Gasteiger partial charge in [0, 0.05) is 29.6 Å². The van der Waals surface area contributed by atoms with Crippen LogP contribution < -0.4 is 5.32 Å². The summed E-state index contributed by atoms with van der Waals surface area (Å²) in [4.78, 5) is 19.9. The van der Waals surface area contributed by atoms with Gasteiger partial charge in [-0.3, -0.25) is 0 Å². The number of carbonyl (C=O) groups is 1. The number of benzene rings is 4. The molecule has 5 rings (SSSR count). The average Bonchev–Trinajstić information content (AvgIpc) is 3.27. The first-order valence-electron chi connectivity index (χ1n) is 12.0. The van der Waals surface area contributed by atoms with Gasteiger partial charge in [-0.05, 0) is 35.4 Å². The monoisotopic (exact) mass is 489 g/mol. The number of nitrogens with one attached hydrogen (secondary N) is 2. The lowest BCUT2D eigenvalue weighted by atomic mass is 10.00. The highest BCUT2D eigenvalue weighted by Crippen LogP contribution is 2.32. The standard InChI is InChI=1S/C31H27N3O3/c1-37-31(36)24-14-17-26-27(18-24)34-30(35)28(26)29(23-10-6-3-7-11-23)33-25-15-12-22(13-16-25)20-32-19-21-8-4-2-5-9-21/h2-18,32,34-35H,19-20H2,1H3. The Bertz CT molecular complexity index is 1540. The molecule has 0 spiro atoms. The number of H-pyrrole nitrogens is 1. The topological polar surface area (TPSA) is 86.7 Å². The van der Waals surface area contributed by atoms with Crippen molar-refractivity contribution in [3.8, 4) is 5.88 Å². The maximum Gasteiger partial charge on any atom is 0.337 e. The van der Waals surface area contributed by atoms with E-state index >= 15 is 0 Å². The number of aliphatic imine (C=N–C) groups is 1. The summed E-state index contributed by atoms with van der Waals surface area (Å²) in [6.45, 7) is 1.55. The van der Waals surface area contributed by atoms with Gasteiger partial charge < -0.3 is 20.1 Å². The molecular weight excluding hydrogens is 462 g/mol. The quantitative estimate of drug-likeness (QED) is 0.181. The third-order valence-electron chi connectivity index (χ3n) is 6.16. The van der Waals surface area contributed by atoms with Crippen molar-refractivity contribution in [1.82, 2.24) is 10.3 Å². The molecule has 4 aromatic carbocycles. The Labute approximate surface area is 215 Å². The summed E-state index contributed by atoms with van der Waals surface area (Å²) in [6.07, 6.45) is 0. The first-order chi connectivity index (χ1) is 18.1. The number of fused-ring (bicyclic) bond motifs is 1. The minimum absolute atomic E-state index is 0.0126. The first kappa shape index (κ1) is 24.0. The molecule has 0 bridgehead atoms. The predicted octanol–water partition coefficient (Wildman–Crippen LogP) is 6.12. The fourth-order valence-corrected chi connectivity index (χ4v) is 4.29. The minimum Gasteiger partial charge on any atom is -0.494 e. The van der Waals surface area contributed by atoms with Crippen LogP contribution in [0.3, 0.4) is 0 Å². The van der Waals surface area contributed by atoms with Crippen molar-refractivity contribution in [2.75, 3.05) is 7.11 Å². The number of aromatic hydroxyl groups is 1. The highest BCUT2D eigenvalue weighted by atomic mass is 16.5. The Balaban J connectivity index is 1.46. The normalized spacial score (nSPS) is 11.5. The van der Waals surface area contributed by atoms with Gasteiger partial charge in [0.2, 0.25) is 0 Å². The molecule has 1 aromatic heterocycles. The highest BCUT2D eigenvalue weighted by Gasteiger charge is 2.20. The Morgan fingerprint density at radius 1 is 0.838 bits per heavy atom. The maximum absolute atomic E-state index is 12.0. The molecule has 0 amide bonds. The van der Waals surface area contributed by atoms with Crippen LogP contribution in [0.25, 0.3) is 10.9 Å². The molecular formula is C31H27N3O3. The Kier molecular flexibility index (Phi) is 7.10. The van der Waals surface area contributed by atoms with Crippen molar-refractivity contribution in [3.63, 3.8) is 0 Å². The molecule has 0 aliphatic rings. The van der Waals surface area contributed by atoms with Crippen molar-refractivity contribution in [1.29, 1.82) is 0 Å². The number of esters is 1. The van der Waals surface area contributed by atoms with Crippen LogP contribution >= 0.6 is 0 Å². The molecule has 0 fully saturated rings. The van der Waals surface area contributed by atoms with Crippen LogP contribution in [-0.4, -0.2) is 28.9 Å². The second kappa shape index (κ2) is 10.9. The van der Waals surface area contributed by atoms with E-state index in [2.05, 4.69) is 34.6 Å². The molecule has 0 saturated carbocycles. The molecule has 1 heterocycles. The molecule has 3 N–H and O–H groups in total. The van der Waals surface area contributed by atoms with E-state index in [1.165, 1.54) is 12.7 Å². The van der Waals surface area contributed by atoms with Crippen molar-refractivity contribution in [3.05, 3.63) is 131 Å². The first-order valence-corrected chi connectivity index (χ1v) is 12.0. The van der Waals surface area contributed by atoms with Gasteiger partial charge in [0.25, 0.3) is 0 Å². The van der Waals surface area contributed by atoms with E-state index < -0.39 is 5.97 Å². The summed E-state index contributed by atoms with van der Waals surface area (Å²) in [6, 6.07) is 33.3. The molecule has 6 nitrogen and oxygen atoms in total. The smallest absolute Gasteiger partial charge is 0.337 e. The van der Waals surface area contributed by atoms with Crippen LogP contribution in [0, 0.1) is 0 Å². The van der Waals surface area contributed by atoms with Crippen molar-refractivity contribution in [2.45, 2.75) is 13.1 Å². The second-order valence-corrected chi connectivity index (χ2v) is 8.68. The minimum atomic E-state index is -0.437. The van der Waals surface area contributed by atoms with E-state index in [-0.39, 0.29) is 5.88 Å². The van der Waals surface area contributed by atoms with Crippen LogP contribution in [0.5, 0.6) is 5.88 Å². The molecule has 0 aliphatic carbocycles. The summed E-state index contributed by atoms with van der Waals surface area (Å²) in [5, 5.41) is 15.1. The highest BCUT2D eigenvalue weighted by molar-refractivity contribution is 6.22. The van der Waals surface area contributed by atoms with Crippen LogP contribution in [0.4, 0.5) is 5.69 Å². The number of aromatic amines is 1. The second-order valence-electron chi connectivity index (χ2n) is 8.68. The lowest BCUT2D eigenvalue weighted by Crippen LogP contribution is -2.12.